The van der Waals surface area contributed by atoms with Crippen LogP contribution in [-0.2, 0) is 9.53 Å². The zero-order chi connectivity index (χ0) is 26.2. The van der Waals surface area contributed by atoms with Gasteiger partial charge in [0.15, 0.2) is 16.3 Å². The Balaban J connectivity index is 1.62. The molecule has 190 valence electrons. The summed E-state index contributed by atoms with van der Waals surface area (Å²) in [6, 6.07) is 21.9. The highest BCUT2D eigenvalue weighted by atomic mass is 79.9. The predicted molar refractivity (Wildman–Crippen MR) is 148 cm³/mol. The van der Waals surface area contributed by atoms with E-state index in [2.05, 4.69) is 15.9 Å². The Labute approximate surface area is 230 Å². The van der Waals surface area contributed by atoms with Crippen molar-refractivity contribution in [2.75, 3.05) is 13.4 Å². The summed E-state index contributed by atoms with van der Waals surface area (Å²) in [6.45, 7) is 2.12. The van der Waals surface area contributed by atoms with Crippen LogP contribution in [0.25, 0.3) is 11.8 Å². The van der Waals surface area contributed by atoms with E-state index in [4.69, 9.17) is 19.2 Å². The number of aromatic nitrogens is 1. The molecule has 0 saturated heterocycles. The van der Waals surface area contributed by atoms with Gasteiger partial charge in [0.2, 0.25) is 6.79 Å². The summed E-state index contributed by atoms with van der Waals surface area (Å²) in [5.74, 6) is 0.758. The first kappa shape index (κ1) is 24.4. The highest BCUT2D eigenvalue weighted by molar-refractivity contribution is 9.10. The number of rotatable bonds is 5. The summed E-state index contributed by atoms with van der Waals surface area (Å²) in [5.41, 5.74) is 2.90. The summed E-state index contributed by atoms with van der Waals surface area (Å²) < 4.78 is 19.3. The molecule has 38 heavy (non-hydrogen) atoms. The standard InChI is InChI=1S/C29H21BrN2O5S/c1-2-35-28(34)24-25(17-9-5-3-6-10-17)31-29-32(26(24)18-11-7-4-8-12-18)27(33)23(38-29)14-19-13-21-22(15-20(19)30)37-16-36-21/h3-15,26H,2,16H2,1H3/b23-14-/t26-/m1/s1. The van der Waals surface area contributed by atoms with Gasteiger partial charge in [0.1, 0.15) is 0 Å². The van der Waals surface area contributed by atoms with Crippen LogP contribution in [0.5, 0.6) is 11.5 Å². The number of hydrogen-bond donors (Lipinski definition) is 0. The lowest BCUT2D eigenvalue weighted by atomic mass is 9.93. The van der Waals surface area contributed by atoms with Crippen LogP contribution in [0.4, 0.5) is 0 Å². The van der Waals surface area contributed by atoms with Crippen molar-refractivity contribution < 1.29 is 19.0 Å². The zero-order valence-electron chi connectivity index (χ0n) is 20.2. The highest BCUT2D eigenvalue weighted by Gasteiger charge is 2.35. The fourth-order valence-electron chi connectivity index (χ4n) is 4.58. The van der Waals surface area contributed by atoms with Crippen LogP contribution in [0.2, 0.25) is 0 Å². The Morgan fingerprint density at radius 1 is 1.11 bits per heavy atom. The van der Waals surface area contributed by atoms with Crippen LogP contribution in [0.3, 0.4) is 0 Å². The average molecular weight is 589 g/mol. The lowest BCUT2D eigenvalue weighted by Gasteiger charge is -2.25. The van der Waals surface area contributed by atoms with E-state index in [1.165, 1.54) is 11.3 Å². The molecule has 1 atom stereocenters. The Hall–Kier alpha value is -3.95. The van der Waals surface area contributed by atoms with Crippen LogP contribution in [-0.4, -0.2) is 23.9 Å². The van der Waals surface area contributed by atoms with Crippen molar-refractivity contribution in [3.8, 4) is 11.5 Å². The molecular weight excluding hydrogens is 568 g/mol. The van der Waals surface area contributed by atoms with Crippen molar-refractivity contribution in [1.82, 2.24) is 4.57 Å². The maximum atomic E-state index is 14.0. The van der Waals surface area contributed by atoms with Crippen molar-refractivity contribution in [2.45, 2.75) is 13.0 Å². The summed E-state index contributed by atoms with van der Waals surface area (Å²) in [5, 5.41) is 0. The fourth-order valence-corrected chi connectivity index (χ4v) is 6.00. The van der Waals surface area contributed by atoms with Gasteiger partial charge in [-0.1, -0.05) is 87.9 Å². The molecule has 0 amide bonds. The summed E-state index contributed by atoms with van der Waals surface area (Å²) in [4.78, 5) is 32.8. The molecule has 0 aliphatic carbocycles. The third-order valence-electron chi connectivity index (χ3n) is 6.27. The second kappa shape index (κ2) is 10.1. The number of fused-ring (bicyclic) bond motifs is 2. The number of hydrogen-bond acceptors (Lipinski definition) is 7. The topological polar surface area (TPSA) is 79.1 Å². The Bertz CT molecular complexity index is 1760. The molecule has 3 aromatic carbocycles. The summed E-state index contributed by atoms with van der Waals surface area (Å²) >= 11 is 4.85. The maximum Gasteiger partial charge on any atom is 0.338 e. The van der Waals surface area contributed by atoms with Gasteiger partial charge in [0.25, 0.3) is 5.56 Å². The second-order valence-electron chi connectivity index (χ2n) is 8.57. The summed E-state index contributed by atoms with van der Waals surface area (Å²) in [7, 11) is 0. The molecule has 4 aromatic rings. The van der Waals surface area contributed by atoms with Gasteiger partial charge in [-0.25, -0.2) is 9.79 Å². The van der Waals surface area contributed by atoms with Crippen LogP contribution in [0.15, 0.2) is 92.6 Å². The third-order valence-corrected chi connectivity index (χ3v) is 7.94. The van der Waals surface area contributed by atoms with Crippen LogP contribution < -0.4 is 24.4 Å². The molecule has 7 nitrogen and oxygen atoms in total. The van der Waals surface area contributed by atoms with Gasteiger partial charge < -0.3 is 14.2 Å². The van der Waals surface area contributed by atoms with E-state index >= 15 is 0 Å². The number of esters is 1. The van der Waals surface area contributed by atoms with Gasteiger partial charge in [-0.05, 0) is 36.3 Å². The minimum Gasteiger partial charge on any atom is -0.463 e. The number of ether oxygens (including phenoxy) is 3. The number of carbonyl (C=O) groups excluding carboxylic acids is 1. The molecule has 6 rings (SSSR count). The van der Waals surface area contributed by atoms with Crippen LogP contribution in [0, 0.1) is 0 Å². The van der Waals surface area contributed by atoms with Crippen molar-refractivity contribution in [3.05, 3.63) is 119 Å². The largest absolute Gasteiger partial charge is 0.463 e. The van der Waals surface area contributed by atoms with Crippen molar-refractivity contribution >= 4 is 45.0 Å². The first-order valence-corrected chi connectivity index (χ1v) is 13.6. The lowest BCUT2D eigenvalue weighted by molar-refractivity contribution is -0.138. The lowest BCUT2D eigenvalue weighted by Crippen LogP contribution is -2.40. The smallest absolute Gasteiger partial charge is 0.338 e. The Morgan fingerprint density at radius 3 is 2.50 bits per heavy atom. The quantitative estimate of drug-likeness (QED) is 0.322. The molecule has 0 unspecified atom stereocenters. The fraction of sp³-hybridized carbons (Fsp3) is 0.138. The number of carbonyl (C=O) groups is 1. The van der Waals surface area contributed by atoms with Crippen LogP contribution >= 0.6 is 27.3 Å². The second-order valence-corrected chi connectivity index (χ2v) is 10.4. The average Bonchev–Trinajstić information content (AvgIpc) is 3.52. The van der Waals surface area contributed by atoms with Gasteiger partial charge in [-0.15, -0.1) is 0 Å². The van der Waals surface area contributed by atoms with Crippen molar-refractivity contribution in [1.29, 1.82) is 0 Å². The van der Waals surface area contributed by atoms with E-state index < -0.39 is 12.0 Å². The molecule has 0 spiro atoms. The van der Waals surface area contributed by atoms with E-state index in [0.717, 1.165) is 21.2 Å². The molecule has 0 N–H and O–H groups in total. The van der Waals surface area contributed by atoms with Crippen LogP contribution in [0.1, 0.15) is 29.7 Å². The zero-order valence-corrected chi connectivity index (χ0v) is 22.6. The number of halogens is 1. The molecule has 0 fully saturated rings. The van der Waals surface area contributed by atoms with E-state index in [9.17, 15) is 9.59 Å². The van der Waals surface area contributed by atoms with Gasteiger partial charge in [-0.3, -0.25) is 9.36 Å². The number of benzene rings is 3. The van der Waals surface area contributed by atoms with E-state index in [1.54, 1.807) is 17.6 Å². The monoisotopic (exact) mass is 588 g/mol. The maximum absolute atomic E-state index is 14.0. The minimum atomic E-state index is -0.705. The third kappa shape index (κ3) is 4.27. The first-order valence-electron chi connectivity index (χ1n) is 12.0. The van der Waals surface area contributed by atoms with E-state index in [0.29, 0.717) is 32.1 Å². The molecule has 0 radical (unpaired) electrons. The highest BCUT2D eigenvalue weighted by Crippen LogP contribution is 2.38. The summed E-state index contributed by atoms with van der Waals surface area (Å²) in [6.07, 6.45) is 1.80. The van der Waals surface area contributed by atoms with E-state index in [1.807, 2.05) is 72.8 Å². The van der Waals surface area contributed by atoms with Gasteiger partial charge in [0, 0.05) is 10.0 Å². The SMILES string of the molecule is CCOC(=O)C1=C(c2ccccc2)N=c2s/c(=C\c3cc4c(cc3Br)OCO4)c(=O)n2[C@@H]1c1ccccc1. The predicted octanol–water partition coefficient (Wildman–Crippen LogP) is 4.43. The van der Waals surface area contributed by atoms with Crippen molar-refractivity contribution in [2.24, 2.45) is 4.99 Å². The van der Waals surface area contributed by atoms with Crippen molar-refractivity contribution in [3.63, 3.8) is 0 Å². The Kier molecular flexibility index (Phi) is 6.47. The van der Waals surface area contributed by atoms with Gasteiger partial charge in [-0.2, -0.15) is 0 Å². The molecule has 2 aliphatic rings. The normalized spacial score (nSPS) is 16.3. The molecule has 0 saturated carbocycles. The molecule has 3 heterocycles. The van der Waals surface area contributed by atoms with E-state index in [-0.39, 0.29) is 19.0 Å². The molecule has 9 heteroatoms. The number of thiazole rings is 1. The number of nitrogens with zero attached hydrogens (tertiary/aromatic N) is 2. The molecule has 1 aromatic heterocycles. The molecule has 2 aliphatic heterocycles. The van der Waals surface area contributed by atoms with Gasteiger partial charge in [0.05, 0.1) is 28.5 Å². The Morgan fingerprint density at radius 2 is 1.79 bits per heavy atom. The van der Waals surface area contributed by atoms with Gasteiger partial charge >= 0.3 is 5.97 Å². The first-order chi connectivity index (χ1) is 18.5. The molecule has 0 bridgehead atoms. The minimum absolute atomic E-state index is 0.156. The molecular formula is C29H21BrN2O5S.